The smallest absolute Gasteiger partial charge is 0.222 e. The molecule has 1 aromatic heterocycles. The van der Waals surface area contributed by atoms with E-state index in [1.165, 1.54) is 17.7 Å². The van der Waals surface area contributed by atoms with Gasteiger partial charge in [-0.25, -0.2) is 4.98 Å². The maximum absolute atomic E-state index is 12.4. The number of hydrogen-bond acceptors (Lipinski definition) is 4. The average molecular weight is 309 g/mol. The molecule has 21 heavy (non-hydrogen) atoms. The van der Waals surface area contributed by atoms with E-state index in [1.807, 2.05) is 25.8 Å². The summed E-state index contributed by atoms with van der Waals surface area (Å²) in [6, 6.07) is 0.122. The van der Waals surface area contributed by atoms with Crippen molar-refractivity contribution in [2.45, 2.75) is 52.5 Å². The third kappa shape index (κ3) is 4.27. The zero-order valence-corrected chi connectivity index (χ0v) is 14.4. The number of carbonyl (C=O) groups is 1. The average Bonchev–Trinajstić information content (AvgIpc) is 2.83. The predicted molar refractivity (Wildman–Crippen MR) is 87.6 cm³/mol. The maximum atomic E-state index is 12.4. The third-order valence-electron chi connectivity index (χ3n) is 4.52. The van der Waals surface area contributed by atoms with E-state index < -0.39 is 0 Å². The number of hydrogen-bond donors (Lipinski definition) is 1. The Labute approximate surface area is 132 Å². The lowest BCUT2D eigenvalue weighted by molar-refractivity contribution is -0.132. The summed E-state index contributed by atoms with van der Waals surface area (Å²) in [6.07, 6.45) is 4.11. The number of rotatable bonds is 5. The molecule has 0 spiro atoms. The van der Waals surface area contributed by atoms with E-state index in [4.69, 9.17) is 0 Å². The van der Waals surface area contributed by atoms with Crippen molar-refractivity contribution in [3.05, 3.63) is 15.6 Å². The van der Waals surface area contributed by atoms with Gasteiger partial charge in [0, 0.05) is 18.3 Å². The Morgan fingerprint density at radius 2 is 2.10 bits per heavy atom. The molecular weight excluding hydrogens is 282 g/mol. The number of nitrogens with one attached hydrogen (secondary N) is 1. The molecule has 1 aliphatic heterocycles. The number of piperidine rings is 1. The van der Waals surface area contributed by atoms with Crippen LogP contribution in [-0.2, 0) is 4.79 Å². The van der Waals surface area contributed by atoms with Gasteiger partial charge < -0.3 is 10.2 Å². The Kier molecular flexibility index (Phi) is 5.76. The second-order valence-corrected chi connectivity index (χ2v) is 7.33. The van der Waals surface area contributed by atoms with Crippen LogP contribution in [0.1, 0.15) is 54.2 Å². The van der Waals surface area contributed by atoms with Crippen molar-refractivity contribution < 1.29 is 4.79 Å². The van der Waals surface area contributed by atoms with Gasteiger partial charge in [-0.1, -0.05) is 0 Å². The summed E-state index contributed by atoms with van der Waals surface area (Å²) in [5, 5.41) is 4.45. The van der Waals surface area contributed by atoms with Crippen molar-refractivity contribution in [3.8, 4) is 0 Å². The first-order valence-electron chi connectivity index (χ1n) is 7.89. The van der Waals surface area contributed by atoms with E-state index in [1.54, 1.807) is 11.3 Å². The van der Waals surface area contributed by atoms with Crippen molar-refractivity contribution in [3.63, 3.8) is 0 Å². The SMILES string of the molecule is Cc1nc(C)c(C(C)N(C)C(=O)CCC2CCNCC2)s1. The molecule has 0 aliphatic carbocycles. The first-order chi connectivity index (χ1) is 9.99. The van der Waals surface area contributed by atoms with Gasteiger partial charge in [-0.15, -0.1) is 11.3 Å². The number of thiazole rings is 1. The molecule has 0 bridgehead atoms. The van der Waals surface area contributed by atoms with Crippen molar-refractivity contribution in [2.24, 2.45) is 5.92 Å². The van der Waals surface area contributed by atoms with Gasteiger partial charge in [0.05, 0.1) is 16.7 Å². The molecule has 1 fully saturated rings. The molecule has 2 rings (SSSR count). The second kappa shape index (κ2) is 7.36. The van der Waals surface area contributed by atoms with Gasteiger partial charge in [0.2, 0.25) is 5.91 Å². The van der Waals surface area contributed by atoms with E-state index in [0.29, 0.717) is 12.3 Å². The highest BCUT2D eigenvalue weighted by Gasteiger charge is 2.22. The van der Waals surface area contributed by atoms with Crippen molar-refractivity contribution in [1.82, 2.24) is 15.2 Å². The Morgan fingerprint density at radius 3 is 2.67 bits per heavy atom. The van der Waals surface area contributed by atoms with E-state index in [2.05, 4.69) is 17.2 Å². The van der Waals surface area contributed by atoms with Crippen LogP contribution in [0.25, 0.3) is 0 Å². The Balaban J connectivity index is 1.87. The summed E-state index contributed by atoms with van der Waals surface area (Å²) >= 11 is 1.70. The fraction of sp³-hybridized carbons (Fsp3) is 0.750. The first-order valence-corrected chi connectivity index (χ1v) is 8.71. The van der Waals surface area contributed by atoms with Gasteiger partial charge >= 0.3 is 0 Å². The molecule has 5 heteroatoms. The molecule has 118 valence electrons. The molecule has 1 N–H and O–H groups in total. The van der Waals surface area contributed by atoms with Gasteiger partial charge in [-0.2, -0.15) is 0 Å². The molecule has 0 aromatic carbocycles. The Hall–Kier alpha value is -0.940. The molecule has 1 aromatic rings. The van der Waals surface area contributed by atoms with E-state index in [9.17, 15) is 4.79 Å². The minimum absolute atomic E-state index is 0.122. The topological polar surface area (TPSA) is 45.2 Å². The van der Waals surface area contributed by atoms with Gasteiger partial charge in [-0.3, -0.25) is 4.79 Å². The van der Waals surface area contributed by atoms with Gasteiger partial charge in [0.25, 0.3) is 0 Å². The summed E-state index contributed by atoms with van der Waals surface area (Å²) in [6.45, 7) is 8.35. The fourth-order valence-electron chi connectivity index (χ4n) is 3.00. The second-order valence-electron chi connectivity index (χ2n) is 6.10. The van der Waals surface area contributed by atoms with E-state index in [-0.39, 0.29) is 11.9 Å². The summed E-state index contributed by atoms with van der Waals surface area (Å²) in [7, 11) is 1.92. The molecule has 1 unspecified atom stereocenters. The molecule has 2 heterocycles. The highest BCUT2D eigenvalue weighted by Crippen LogP contribution is 2.29. The van der Waals surface area contributed by atoms with Gasteiger partial charge in [-0.05, 0) is 59.0 Å². The quantitative estimate of drug-likeness (QED) is 0.909. The molecular formula is C16H27N3OS. The molecule has 4 nitrogen and oxygen atoms in total. The van der Waals surface area contributed by atoms with Crippen LogP contribution in [0.2, 0.25) is 0 Å². The number of nitrogens with zero attached hydrogens (tertiary/aromatic N) is 2. The van der Waals surface area contributed by atoms with E-state index in [0.717, 1.165) is 30.2 Å². The van der Waals surface area contributed by atoms with Crippen LogP contribution < -0.4 is 5.32 Å². The minimum atomic E-state index is 0.122. The predicted octanol–water partition coefficient (Wildman–Crippen LogP) is 3.06. The largest absolute Gasteiger partial charge is 0.338 e. The fourth-order valence-corrected chi connectivity index (χ4v) is 4.02. The van der Waals surface area contributed by atoms with Crippen molar-refractivity contribution in [1.29, 1.82) is 0 Å². The van der Waals surface area contributed by atoms with Crippen LogP contribution in [0, 0.1) is 19.8 Å². The molecule has 0 radical (unpaired) electrons. The number of aromatic nitrogens is 1. The van der Waals surface area contributed by atoms with Crippen LogP contribution in [0.4, 0.5) is 0 Å². The lowest BCUT2D eigenvalue weighted by Crippen LogP contribution is -2.31. The van der Waals surface area contributed by atoms with Crippen LogP contribution >= 0.6 is 11.3 Å². The lowest BCUT2D eigenvalue weighted by atomic mass is 9.93. The maximum Gasteiger partial charge on any atom is 0.222 e. The van der Waals surface area contributed by atoms with E-state index >= 15 is 0 Å². The first kappa shape index (κ1) is 16.4. The zero-order chi connectivity index (χ0) is 15.4. The monoisotopic (exact) mass is 309 g/mol. The van der Waals surface area contributed by atoms with Gasteiger partial charge in [0.15, 0.2) is 0 Å². The summed E-state index contributed by atoms with van der Waals surface area (Å²) in [5.74, 6) is 0.970. The number of amides is 1. The summed E-state index contributed by atoms with van der Waals surface area (Å²) in [5.41, 5.74) is 1.06. The lowest BCUT2D eigenvalue weighted by Gasteiger charge is -2.26. The van der Waals surface area contributed by atoms with Gasteiger partial charge in [0.1, 0.15) is 0 Å². The highest BCUT2D eigenvalue weighted by molar-refractivity contribution is 7.11. The zero-order valence-electron chi connectivity index (χ0n) is 13.6. The third-order valence-corrected chi connectivity index (χ3v) is 5.76. The standard InChI is InChI=1S/C16H27N3OS/c1-11-16(21-13(3)18-11)12(2)19(4)15(20)6-5-14-7-9-17-10-8-14/h12,14,17H,5-10H2,1-4H3. The normalized spacial score (nSPS) is 17.7. The summed E-state index contributed by atoms with van der Waals surface area (Å²) in [4.78, 5) is 20.0. The molecule has 0 saturated carbocycles. The van der Waals surface area contributed by atoms with Crippen molar-refractivity contribution in [2.75, 3.05) is 20.1 Å². The van der Waals surface area contributed by atoms with Crippen LogP contribution in [0.5, 0.6) is 0 Å². The van der Waals surface area contributed by atoms with Crippen molar-refractivity contribution >= 4 is 17.2 Å². The van der Waals surface area contributed by atoms with Crippen LogP contribution in [0.3, 0.4) is 0 Å². The Bertz CT molecular complexity index is 480. The Morgan fingerprint density at radius 1 is 1.43 bits per heavy atom. The summed E-state index contributed by atoms with van der Waals surface area (Å²) < 4.78 is 0. The molecule has 1 saturated heterocycles. The molecule has 1 atom stereocenters. The molecule has 1 amide bonds. The number of carbonyl (C=O) groups excluding carboxylic acids is 1. The van der Waals surface area contributed by atoms with Crippen LogP contribution in [0.15, 0.2) is 0 Å². The highest BCUT2D eigenvalue weighted by atomic mass is 32.1. The molecule has 1 aliphatic rings. The van der Waals surface area contributed by atoms with Crippen LogP contribution in [-0.4, -0.2) is 35.9 Å². The minimum Gasteiger partial charge on any atom is -0.338 e. The number of aryl methyl sites for hydroxylation is 2.